The van der Waals surface area contributed by atoms with Crippen LogP contribution in [0.2, 0.25) is 5.54 Å². The minimum atomic E-state index is -2.30. The summed E-state index contributed by atoms with van der Waals surface area (Å²) in [6.45, 7) is 6.56. The molecule has 0 saturated heterocycles. The fraction of sp³-hybridized carbons (Fsp3) is 0.714. The smallest absolute Gasteiger partial charge is 0.377 e. The van der Waals surface area contributed by atoms with Crippen molar-refractivity contribution in [1.82, 2.24) is 4.98 Å². The van der Waals surface area contributed by atoms with Gasteiger partial charge in [-0.15, -0.1) is 0 Å². The Labute approximate surface area is 111 Å². The second-order valence-electron chi connectivity index (χ2n) is 5.58. The van der Waals surface area contributed by atoms with Crippen LogP contribution in [0.3, 0.4) is 0 Å². The summed E-state index contributed by atoms with van der Waals surface area (Å²) in [5, 5.41) is 1.30. The highest BCUT2D eigenvalue weighted by Crippen LogP contribution is 2.43. The highest BCUT2D eigenvalue weighted by molar-refractivity contribution is 6.82. The number of aromatic amines is 1. The van der Waals surface area contributed by atoms with E-state index in [1.165, 1.54) is 35.8 Å². The standard InChI is InChI=1S/C14H25NO2Si/c1-10-7-6-8-13(10)18(16-4,17-5)14-9-11(2)15-12(14)3/h9-10,13,15H,6-8H2,1-5H3. The largest absolute Gasteiger partial charge is 0.394 e. The Morgan fingerprint density at radius 1 is 1.22 bits per heavy atom. The fourth-order valence-electron chi connectivity index (χ4n) is 3.60. The van der Waals surface area contributed by atoms with Gasteiger partial charge < -0.3 is 13.8 Å². The summed E-state index contributed by atoms with van der Waals surface area (Å²) in [4.78, 5) is 3.39. The van der Waals surface area contributed by atoms with Crippen molar-refractivity contribution < 1.29 is 8.85 Å². The van der Waals surface area contributed by atoms with Crippen LogP contribution >= 0.6 is 0 Å². The Bertz CT molecular complexity index is 412. The lowest BCUT2D eigenvalue weighted by Gasteiger charge is -2.35. The molecule has 1 heterocycles. The molecule has 1 aromatic rings. The van der Waals surface area contributed by atoms with Gasteiger partial charge in [-0.2, -0.15) is 0 Å². The molecule has 102 valence electrons. The number of nitrogens with one attached hydrogen (secondary N) is 1. The molecule has 2 atom stereocenters. The van der Waals surface area contributed by atoms with E-state index >= 15 is 0 Å². The van der Waals surface area contributed by atoms with Crippen molar-refractivity contribution in [3.05, 3.63) is 17.5 Å². The molecule has 0 bridgehead atoms. The first kappa shape index (κ1) is 13.8. The van der Waals surface area contributed by atoms with Crippen LogP contribution in [-0.4, -0.2) is 27.8 Å². The SMILES string of the molecule is CO[Si](OC)(c1cc(C)[nH]c1C)C1CCCC1C. The summed E-state index contributed by atoms with van der Waals surface area (Å²) in [5.74, 6) is 0.700. The summed E-state index contributed by atoms with van der Waals surface area (Å²) < 4.78 is 12.0. The zero-order chi connectivity index (χ0) is 13.3. The summed E-state index contributed by atoms with van der Waals surface area (Å²) in [6.07, 6.45) is 3.84. The zero-order valence-electron chi connectivity index (χ0n) is 12.2. The Balaban J connectivity index is 2.46. The molecule has 0 amide bonds. The van der Waals surface area contributed by atoms with E-state index < -0.39 is 8.56 Å². The molecule has 0 aromatic carbocycles. The average molecular weight is 267 g/mol. The van der Waals surface area contributed by atoms with Crippen molar-refractivity contribution in [2.75, 3.05) is 14.2 Å². The minimum absolute atomic E-state index is 0.571. The van der Waals surface area contributed by atoms with Crippen molar-refractivity contribution >= 4 is 13.7 Å². The maximum absolute atomic E-state index is 6.02. The fourth-order valence-corrected chi connectivity index (χ4v) is 7.72. The maximum atomic E-state index is 6.02. The Kier molecular flexibility index (Phi) is 3.99. The molecule has 1 aromatic heterocycles. The van der Waals surface area contributed by atoms with Crippen LogP contribution < -0.4 is 5.19 Å². The van der Waals surface area contributed by atoms with Gasteiger partial charge in [0.15, 0.2) is 0 Å². The quantitative estimate of drug-likeness (QED) is 0.851. The monoisotopic (exact) mass is 267 g/mol. The topological polar surface area (TPSA) is 34.2 Å². The lowest BCUT2D eigenvalue weighted by molar-refractivity contribution is 0.236. The Hall–Kier alpha value is -0.583. The van der Waals surface area contributed by atoms with E-state index in [9.17, 15) is 0 Å². The highest BCUT2D eigenvalue weighted by atomic mass is 28.4. The maximum Gasteiger partial charge on any atom is 0.377 e. The van der Waals surface area contributed by atoms with Crippen LogP contribution in [0.4, 0.5) is 0 Å². The van der Waals surface area contributed by atoms with Gasteiger partial charge in [-0.1, -0.05) is 19.8 Å². The van der Waals surface area contributed by atoms with E-state index in [2.05, 4.69) is 31.8 Å². The van der Waals surface area contributed by atoms with E-state index in [1.807, 2.05) is 14.2 Å². The predicted molar refractivity (Wildman–Crippen MR) is 76.4 cm³/mol. The van der Waals surface area contributed by atoms with Crippen LogP contribution in [0, 0.1) is 19.8 Å². The molecule has 1 fully saturated rings. The number of H-pyrrole nitrogens is 1. The second kappa shape index (κ2) is 5.19. The van der Waals surface area contributed by atoms with E-state index in [-0.39, 0.29) is 0 Å². The molecular weight excluding hydrogens is 242 g/mol. The molecule has 1 aliphatic rings. The molecule has 0 aliphatic heterocycles. The summed E-state index contributed by atoms with van der Waals surface area (Å²) in [6, 6.07) is 2.22. The van der Waals surface area contributed by atoms with Crippen LogP contribution in [-0.2, 0) is 8.85 Å². The first-order chi connectivity index (χ1) is 8.55. The Morgan fingerprint density at radius 2 is 1.89 bits per heavy atom. The van der Waals surface area contributed by atoms with Crippen molar-refractivity contribution in [2.45, 2.75) is 45.6 Å². The van der Waals surface area contributed by atoms with Gasteiger partial charge in [-0.05, 0) is 32.3 Å². The van der Waals surface area contributed by atoms with Crippen molar-refractivity contribution in [3.63, 3.8) is 0 Å². The van der Waals surface area contributed by atoms with Gasteiger partial charge in [-0.3, -0.25) is 0 Å². The minimum Gasteiger partial charge on any atom is -0.394 e. The molecule has 3 nitrogen and oxygen atoms in total. The van der Waals surface area contributed by atoms with Crippen LogP contribution in [0.5, 0.6) is 0 Å². The molecule has 1 N–H and O–H groups in total. The lowest BCUT2D eigenvalue weighted by Crippen LogP contribution is -2.57. The number of aryl methyl sites for hydroxylation is 2. The van der Waals surface area contributed by atoms with Gasteiger partial charge in [0.1, 0.15) is 0 Å². The molecular formula is C14H25NO2Si. The second-order valence-corrected chi connectivity index (χ2v) is 9.01. The van der Waals surface area contributed by atoms with Gasteiger partial charge in [0.25, 0.3) is 0 Å². The van der Waals surface area contributed by atoms with Crippen LogP contribution in [0.25, 0.3) is 0 Å². The molecule has 4 heteroatoms. The molecule has 2 rings (SSSR count). The van der Waals surface area contributed by atoms with Gasteiger partial charge >= 0.3 is 8.56 Å². The highest BCUT2D eigenvalue weighted by Gasteiger charge is 2.51. The number of hydrogen-bond donors (Lipinski definition) is 1. The molecule has 18 heavy (non-hydrogen) atoms. The van der Waals surface area contributed by atoms with Crippen molar-refractivity contribution in [3.8, 4) is 0 Å². The third kappa shape index (κ3) is 2.06. The normalized spacial score (nSPS) is 24.7. The third-order valence-corrected chi connectivity index (χ3v) is 8.80. The number of aromatic nitrogens is 1. The summed E-state index contributed by atoms with van der Waals surface area (Å²) in [5.41, 5.74) is 2.97. The zero-order valence-corrected chi connectivity index (χ0v) is 13.2. The summed E-state index contributed by atoms with van der Waals surface area (Å²) >= 11 is 0. The van der Waals surface area contributed by atoms with Gasteiger partial charge in [0.05, 0.1) is 0 Å². The van der Waals surface area contributed by atoms with Gasteiger partial charge in [0.2, 0.25) is 0 Å². The van der Waals surface area contributed by atoms with E-state index in [1.54, 1.807) is 0 Å². The molecule has 0 radical (unpaired) electrons. The average Bonchev–Trinajstić information content (AvgIpc) is 2.90. The van der Waals surface area contributed by atoms with E-state index in [0.29, 0.717) is 11.5 Å². The van der Waals surface area contributed by atoms with E-state index in [0.717, 1.165) is 0 Å². The lowest BCUT2D eigenvalue weighted by atomic mass is 10.1. The molecule has 1 aliphatic carbocycles. The van der Waals surface area contributed by atoms with E-state index in [4.69, 9.17) is 8.85 Å². The Morgan fingerprint density at radius 3 is 2.28 bits per heavy atom. The summed E-state index contributed by atoms with van der Waals surface area (Å²) in [7, 11) is 1.34. The molecule has 1 saturated carbocycles. The van der Waals surface area contributed by atoms with Gasteiger partial charge in [-0.25, -0.2) is 0 Å². The number of hydrogen-bond acceptors (Lipinski definition) is 2. The van der Waals surface area contributed by atoms with Gasteiger partial charge in [0, 0.05) is 36.3 Å². The van der Waals surface area contributed by atoms with Crippen molar-refractivity contribution in [1.29, 1.82) is 0 Å². The first-order valence-corrected chi connectivity index (χ1v) is 8.71. The number of rotatable bonds is 4. The predicted octanol–water partition coefficient (Wildman–Crippen LogP) is 2.76. The molecule has 0 spiro atoms. The van der Waals surface area contributed by atoms with Crippen molar-refractivity contribution in [2.24, 2.45) is 5.92 Å². The first-order valence-electron chi connectivity index (χ1n) is 6.82. The molecule has 2 unspecified atom stereocenters. The van der Waals surface area contributed by atoms with Crippen LogP contribution in [0.1, 0.15) is 37.6 Å². The van der Waals surface area contributed by atoms with Crippen LogP contribution in [0.15, 0.2) is 6.07 Å². The third-order valence-electron chi connectivity index (χ3n) is 4.48.